The van der Waals surface area contributed by atoms with E-state index in [0.29, 0.717) is 24.0 Å². The van der Waals surface area contributed by atoms with Gasteiger partial charge < -0.3 is 15.0 Å². The summed E-state index contributed by atoms with van der Waals surface area (Å²) in [7, 11) is 0. The standard InChI is InChI=1S/C17H21BrClFN2O3/c1-17(2,3)25-16(24)22-6-4-5-10(9-22)21-15(23)11-7-13(19)12(18)8-14(11)20/h7-8,10H,4-6,9H2,1-3H3,(H,21,23)/t10-/m1/s1. The predicted octanol–water partition coefficient (Wildman–Crippen LogP) is 4.37. The largest absolute Gasteiger partial charge is 0.444 e. The first-order chi connectivity index (χ1) is 11.6. The molecule has 1 aliphatic heterocycles. The molecule has 0 saturated carbocycles. The van der Waals surface area contributed by atoms with Gasteiger partial charge in [-0.25, -0.2) is 9.18 Å². The van der Waals surface area contributed by atoms with Crippen molar-refractivity contribution in [3.05, 3.63) is 33.0 Å². The lowest BCUT2D eigenvalue weighted by molar-refractivity contribution is 0.0185. The number of nitrogens with one attached hydrogen (secondary N) is 1. The van der Waals surface area contributed by atoms with Crippen molar-refractivity contribution in [2.75, 3.05) is 13.1 Å². The molecule has 1 aromatic carbocycles. The minimum atomic E-state index is -0.659. The Kier molecular flexibility index (Phi) is 6.32. The first-order valence-corrected chi connectivity index (χ1v) is 9.17. The molecule has 0 radical (unpaired) electrons. The van der Waals surface area contributed by atoms with Gasteiger partial charge in [0.15, 0.2) is 0 Å². The monoisotopic (exact) mass is 434 g/mol. The highest BCUT2D eigenvalue weighted by Gasteiger charge is 2.29. The number of hydrogen-bond acceptors (Lipinski definition) is 3. The Morgan fingerprint density at radius 2 is 2.08 bits per heavy atom. The van der Waals surface area contributed by atoms with E-state index in [0.717, 1.165) is 12.5 Å². The highest BCUT2D eigenvalue weighted by Crippen LogP contribution is 2.26. The van der Waals surface area contributed by atoms with Crippen LogP contribution in [0, 0.1) is 5.82 Å². The maximum absolute atomic E-state index is 14.0. The summed E-state index contributed by atoms with van der Waals surface area (Å²) in [5.41, 5.74) is -0.701. The van der Waals surface area contributed by atoms with Crippen LogP contribution in [0.2, 0.25) is 5.02 Å². The molecule has 8 heteroatoms. The molecule has 0 spiro atoms. The number of amides is 2. The van der Waals surface area contributed by atoms with Gasteiger partial charge in [-0.15, -0.1) is 0 Å². The van der Waals surface area contributed by atoms with Crippen LogP contribution in [0.25, 0.3) is 0 Å². The van der Waals surface area contributed by atoms with Crippen LogP contribution in [-0.2, 0) is 4.74 Å². The molecule has 0 unspecified atom stereocenters. The Hall–Kier alpha value is -1.34. The first-order valence-electron chi connectivity index (χ1n) is 8.00. The van der Waals surface area contributed by atoms with Crippen molar-refractivity contribution in [3.63, 3.8) is 0 Å². The van der Waals surface area contributed by atoms with Gasteiger partial charge in [-0.05, 0) is 61.7 Å². The topological polar surface area (TPSA) is 58.6 Å². The second kappa shape index (κ2) is 7.91. The van der Waals surface area contributed by atoms with Crippen LogP contribution < -0.4 is 5.32 Å². The second-order valence-electron chi connectivity index (χ2n) is 6.99. The van der Waals surface area contributed by atoms with Crippen LogP contribution in [0.5, 0.6) is 0 Å². The number of hydrogen-bond donors (Lipinski definition) is 1. The molecule has 1 fully saturated rings. The molecular formula is C17H21BrClFN2O3. The molecule has 1 aromatic rings. The van der Waals surface area contributed by atoms with E-state index >= 15 is 0 Å². The number of nitrogens with zero attached hydrogens (tertiary/aromatic N) is 1. The minimum Gasteiger partial charge on any atom is -0.444 e. The van der Waals surface area contributed by atoms with Crippen LogP contribution in [-0.4, -0.2) is 41.6 Å². The zero-order valence-electron chi connectivity index (χ0n) is 14.4. The van der Waals surface area contributed by atoms with Gasteiger partial charge in [0, 0.05) is 23.6 Å². The zero-order chi connectivity index (χ0) is 18.8. The maximum atomic E-state index is 14.0. The number of halogens is 3. The quantitative estimate of drug-likeness (QED) is 0.702. The molecule has 138 valence electrons. The number of carbonyl (C=O) groups is 2. The number of benzene rings is 1. The highest BCUT2D eigenvalue weighted by atomic mass is 79.9. The van der Waals surface area contributed by atoms with E-state index in [4.69, 9.17) is 16.3 Å². The molecule has 1 N–H and O–H groups in total. The predicted molar refractivity (Wildman–Crippen MR) is 97.4 cm³/mol. The van der Waals surface area contributed by atoms with Crippen molar-refractivity contribution >= 4 is 39.5 Å². The fraction of sp³-hybridized carbons (Fsp3) is 0.529. The van der Waals surface area contributed by atoms with E-state index in [-0.39, 0.29) is 16.6 Å². The summed E-state index contributed by atoms with van der Waals surface area (Å²) in [6, 6.07) is 2.17. The van der Waals surface area contributed by atoms with Gasteiger partial charge in [0.05, 0.1) is 10.6 Å². The number of ether oxygens (including phenoxy) is 1. The van der Waals surface area contributed by atoms with E-state index in [1.807, 2.05) is 0 Å². The van der Waals surface area contributed by atoms with Crippen molar-refractivity contribution in [3.8, 4) is 0 Å². The van der Waals surface area contributed by atoms with Crippen molar-refractivity contribution in [1.82, 2.24) is 10.2 Å². The SMILES string of the molecule is CC(C)(C)OC(=O)N1CCC[C@@H](NC(=O)c2cc(Cl)c(Br)cc2F)C1. The van der Waals surface area contributed by atoms with Crippen molar-refractivity contribution < 1.29 is 18.7 Å². The van der Waals surface area contributed by atoms with Crippen molar-refractivity contribution in [2.45, 2.75) is 45.3 Å². The van der Waals surface area contributed by atoms with Crippen molar-refractivity contribution in [2.24, 2.45) is 0 Å². The maximum Gasteiger partial charge on any atom is 0.410 e. The third-order valence-corrected chi connectivity index (χ3v) is 4.86. The molecule has 25 heavy (non-hydrogen) atoms. The molecule has 2 rings (SSSR count). The Morgan fingerprint density at radius 1 is 1.40 bits per heavy atom. The third kappa shape index (κ3) is 5.57. The van der Waals surface area contributed by atoms with E-state index in [1.54, 1.807) is 25.7 Å². The molecule has 5 nitrogen and oxygen atoms in total. The summed E-state index contributed by atoms with van der Waals surface area (Å²) >= 11 is 9.05. The average molecular weight is 436 g/mol. The molecule has 0 aromatic heterocycles. The molecule has 1 heterocycles. The molecule has 0 aliphatic carbocycles. The number of carbonyl (C=O) groups excluding carboxylic acids is 2. The van der Waals surface area contributed by atoms with E-state index in [1.165, 1.54) is 6.07 Å². The van der Waals surface area contributed by atoms with Crippen LogP contribution in [0.3, 0.4) is 0 Å². The molecule has 1 aliphatic rings. The average Bonchev–Trinajstić information content (AvgIpc) is 2.49. The lowest BCUT2D eigenvalue weighted by Crippen LogP contribution is -2.50. The number of rotatable bonds is 2. The van der Waals surface area contributed by atoms with Gasteiger partial charge in [0.1, 0.15) is 11.4 Å². The smallest absolute Gasteiger partial charge is 0.410 e. The molecule has 1 atom stereocenters. The minimum absolute atomic E-state index is 0.123. The Bertz CT molecular complexity index is 679. The normalized spacial score (nSPS) is 18.0. The second-order valence-corrected chi connectivity index (χ2v) is 8.25. The summed E-state index contributed by atoms with van der Waals surface area (Å²) in [6.07, 6.45) is 1.02. The van der Waals surface area contributed by atoms with Crippen molar-refractivity contribution in [1.29, 1.82) is 0 Å². The van der Waals surface area contributed by atoms with Crippen LogP contribution in [0.1, 0.15) is 44.0 Å². The first kappa shape index (κ1) is 20.0. The third-order valence-electron chi connectivity index (χ3n) is 3.66. The molecule has 0 bridgehead atoms. The Labute approximate surface area is 160 Å². The Balaban J connectivity index is 2.02. The summed E-state index contributed by atoms with van der Waals surface area (Å²) in [4.78, 5) is 26.1. The van der Waals surface area contributed by atoms with Gasteiger partial charge in [-0.3, -0.25) is 4.79 Å². The Morgan fingerprint density at radius 3 is 2.72 bits per heavy atom. The van der Waals surface area contributed by atoms with Gasteiger partial charge in [0.25, 0.3) is 5.91 Å². The molecule has 1 saturated heterocycles. The van der Waals surface area contributed by atoms with E-state index < -0.39 is 23.4 Å². The summed E-state index contributed by atoms with van der Waals surface area (Å²) < 4.78 is 19.7. The van der Waals surface area contributed by atoms with Gasteiger partial charge in [-0.2, -0.15) is 0 Å². The lowest BCUT2D eigenvalue weighted by atomic mass is 10.1. The zero-order valence-corrected chi connectivity index (χ0v) is 16.7. The van der Waals surface area contributed by atoms with Crippen LogP contribution in [0.15, 0.2) is 16.6 Å². The fourth-order valence-electron chi connectivity index (χ4n) is 2.55. The highest BCUT2D eigenvalue weighted by molar-refractivity contribution is 9.10. The van der Waals surface area contributed by atoms with Gasteiger partial charge in [-0.1, -0.05) is 11.6 Å². The van der Waals surface area contributed by atoms with E-state index in [9.17, 15) is 14.0 Å². The molecular weight excluding hydrogens is 415 g/mol. The van der Waals surface area contributed by atoms with E-state index in [2.05, 4.69) is 21.2 Å². The number of piperidine rings is 1. The van der Waals surface area contributed by atoms with Crippen LogP contribution in [0.4, 0.5) is 9.18 Å². The summed E-state index contributed by atoms with van der Waals surface area (Å²) in [5, 5.41) is 3.02. The molecule has 2 amide bonds. The summed E-state index contributed by atoms with van der Waals surface area (Å²) in [5.74, 6) is -1.21. The van der Waals surface area contributed by atoms with Gasteiger partial charge in [0.2, 0.25) is 0 Å². The lowest BCUT2D eigenvalue weighted by Gasteiger charge is -2.34. The van der Waals surface area contributed by atoms with Gasteiger partial charge >= 0.3 is 6.09 Å². The van der Waals surface area contributed by atoms with Crippen LogP contribution >= 0.6 is 27.5 Å². The fourth-order valence-corrected chi connectivity index (χ4v) is 3.03. The number of likely N-dealkylation sites (tertiary alicyclic amines) is 1. The summed E-state index contributed by atoms with van der Waals surface area (Å²) in [6.45, 7) is 6.29.